The van der Waals surface area contributed by atoms with Crippen molar-refractivity contribution >= 4 is 18.3 Å². The molecule has 0 saturated heterocycles. The number of amides is 1. The highest BCUT2D eigenvalue weighted by Gasteiger charge is 2.24. The summed E-state index contributed by atoms with van der Waals surface area (Å²) >= 11 is 0. The summed E-state index contributed by atoms with van der Waals surface area (Å²) in [5, 5.41) is 10.2. The smallest absolute Gasteiger partial charge is 0.251 e. The van der Waals surface area contributed by atoms with Gasteiger partial charge in [0.25, 0.3) is 5.91 Å². The van der Waals surface area contributed by atoms with E-state index in [1.807, 2.05) is 12.1 Å². The predicted molar refractivity (Wildman–Crippen MR) is 89.5 cm³/mol. The highest BCUT2D eigenvalue weighted by molar-refractivity contribution is 5.95. The number of aromatic nitrogens is 2. The lowest BCUT2D eigenvalue weighted by molar-refractivity contribution is 0.0951. The van der Waals surface area contributed by atoms with Gasteiger partial charge >= 0.3 is 0 Å². The van der Waals surface area contributed by atoms with E-state index in [1.54, 1.807) is 12.1 Å². The second kappa shape index (κ2) is 8.08. The Morgan fingerprint density at radius 2 is 2.22 bits per heavy atom. The maximum Gasteiger partial charge on any atom is 0.251 e. The molecule has 1 saturated carbocycles. The summed E-state index contributed by atoms with van der Waals surface area (Å²) in [7, 11) is 0. The van der Waals surface area contributed by atoms with E-state index in [-0.39, 0.29) is 18.3 Å². The minimum atomic E-state index is -0.0438. The zero-order valence-corrected chi connectivity index (χ0v) is 13.9. The molecular formula is C16H21ClN4O2. The third-order valence-corrected chi connectivity index (χ3v) is 3.47. The Kier molecular flexibility index (Phi) is 6.12. The Labute approximate surface area is 141 Å². The SMILES string of the molecule is CCCNCc1nc(-c2cccc(C(=O)NC3CC3)c2)no1.Cl. The van der Waals surface area contributed by atoms with Crippen LogP contribution >= 0.6 is 12.4 Å². The van der Waals surface area contributed by atoms with Crippen molar-refractivity contribution in [2.24, 2.45) is 0 Å². The first-order chi connectivity index (χ1) is 10.8. The van der Waals surface area contributed by atoms with Gasteiger partial charge in [-0.1, -0.05) is 24.2 Å². The van der Waals surface area contributed by atoms with Gasteiger partial charge in [-0.15, -0.1) is 12.4 Å². The van der Waals surface area contributed by atoms with Crippen molar-refractivity contribution in [1.29, 1.82) is 0 Å². The number of rotatable bonds is 7. The Hall–Kier alpha value is -1.92. The van der Waals surface area contributed by atoms with Crippen LogP contribution in [0.3, 0.4) is 0 Å². The van der Waals surface area contributed by atoms with Crippen LogP contribution in [-0.4, -0.2) is 28.6 Å². The fourth-order valence-electron chi connectivity index (χ4n) is 2.11. The molecule has 0 bridgehead atoms. The molecule has 3 rings (SSSR count). The van der Waals surface area contributed by atoms with Crippen molar-refractivity contribution in [3.8, 4) is 11.4 Å². The third kappa shape index (κ3) is 4.77. The van der Waals surface area contributed by atoms with E-state index in [0.29, 0.717) is 29.9 Å². The van der Waals surface area contributed by atoms with E-state index in [4.69, 9.17) is 4.52 Å². The molecular weight excluding hydrogens is 316 g/mol. The van der Waals surface area contributed by atoms with Gasteiger partial charge in [-0.2, -0.15) is 4.98 Å². The average Bonchev–Trinajstić information content (AvgIpc) is 3.22. The second-order valence-electron chi connectivity index (χ2n) is 5.52. The van der Waals surface area contributed by atoms with Crippen molar-refractivity contribution in [2.75, 3.05) is 6.54 Å². The first-order valence-corrected chi connectivity index (χ1v) is 7.71. The number of nitrogens with zero attached hydrogens (tertiary/aromatic N) is 2. The third-order valence-electron chi connectivity index (χ3n) is 3.47. The number of carbonyl (C=O) groups is 1. The summed E-state index contributed by atoms with van der Waals surface area (Å²) in [5.41, 5.74) is 1.41. The zero-order chi connectivity index (χ0) is 15.4. The largest absolute Gasteiger partial charge is 0.349 e. The Morgan fingerprint density at radius 1 is 1.39 bits per heavy atom. The number of benzene rings is 1. The molecule has 0 atom stereocenters. The van der Waals surface area contributed by atoms with Crippen molar-refractivity contribution in [2.45, 2.75) is 38.8 Å². The highest BCUT2D eigenvalue weighted by atomic mass is 35.5. The fraction of sp³-hybridized carbons (Fsp3) is 0.438. The molecule has 2 N–H and O–H groups in total. The number of carbonyl (C=O) groups excluding carboxylic acids is 1. The summed E-state index contributed by atoms with van der Waals surface area (Å²) in [6.07, 6.45) is 3.20. The maximum atomic E-state index is 12.1. The molecule has 6 nitrogen and oxygen atoms in total. The van der Waals surface area contributed by atoms with Gasteiger partial charge in [0.15, 0.2) is 0 Å². The van der Waals surface area contributed by atoms with Gasteiger partial charge in [-0.3, -0.25) is 4.79 Å². The van der Waals surface area contributed by atoms with Crippen LogP contribution in [0.4, 0.5) is 0 Å². The number of hydrogen-bond acceptors (Lipinski definition) is 5. The molecule has 124 valence electrons. The summed E-state index contributed by atoms with van der Waals surface area (Å²) in [6.45, 7) is 3.57. The lowest BCUT2D eigenvalue weighted by atomic mass is 10.1. The van der Waals surface area contributed by atoms with Crippen LogP contribution in [0.5, 0.6) is 0 Å². The van der Waals surface area contributed by atoms with Gasteiger partial charge in [0.2, 0.25) is 11.7 Å². The predicted octanol–water partition coefficient (Wildman–Crippen LogP) is 2.55. The van der Waals surface area contributed by atoms with E-state index in [9.17, 15) is 4.79 Å². The Bertz CT molecular complexity index is 655. The van der Waals surface area contributed by atoms with Crippen LogP contribution in [0.2, 0.25) is 0 Å². The lowest BCUT2D eigenvalue weighted by Crippen LogP contribution is -2.25. The molecule has 1 aliphatic rings. The van der Waals surface area contributed by atoms with E-state index >= 15 is 0 Å². The van der Waals surface area contributed by atoms with Gasteiger partial charge in [0.1, 0.15) is 0 Å². The van der Waals surface area contributed by atoms with Gasteiger partial charge in [0, 0.05) is 17.2 Å². The summed E-state index contributed by atoms with van der Waals surface area (Å²) < 4.78 is 5.22. The quantitative estimate of drug-likeness (QED) is 0.759. The number of hydrogen-bond donors (Lipinski definition) is 2. The summed E-state index contributed by atoms with van der Waals surface area (Å²) in [4.78, 5) is 16.4. The number of nitrogens with one attached hydrogen (secondary N) is 2. The molecule has 0 unspecified atom stereocenters. The van der Waals surface area contributed by atoms with Crippen LogP contribution in [0.25, 0.3) is 11.4 Å². The fourth-order valence-corrected chi connectivity index (χ4v) is 2.11. The van der Waals surface area contributed by atoms with Crippen LogP contribution in [0.15, 0.2) is 28.8 Å². The van der Waals surface area contributed by atoms with Crippen molar-refractivity contribution < 1.29 is 9.32 Å². The van der Waals surface area contributed by atoms with Gasteiger partial charge in [-0.05, 0) is 37.9 Å². The highest BCUT2D eigenvalue weighted by Crippen LogP contribution is 2.21. The molecule has 0 radical (unpaired) electrons. The van der Waals surface area contributed by atoms with E-state index in [1.165, 1.54) is 0 Å². The van der Waals surface area contributed by atoms with Crippen LogP contribution in [-0.2, 0) is 6.54 Å². The van der Waals surface area contributed by atoms with Crippen LogP contribution in [0.1, 0.15) is 42.4 Å². The monoisotopic (exact) mass is 336 g/mol. The molecule has 1 heterocycles. The Morgan fingerprint density at radius 3 is 2.96 bits per heavy atom. The molecule has 23 heavy (non-hydrogen) atoms. The normalized spacial score (nSPS) is 13.4. The Balaban J connectivity index is 0.00000192. The molecule has 1 fully saturated rings. The molecule has 1 amide bonds. The first kappa shape index (κ1) is 17.4. The van der Waals surface area contributed by atoms with Crippen molar-refractivity contribution in [3.05, 3.63) is 35.7 Å². The van der Waals surface area contributed by atoms with Crippen molar-refractivity contribution in [1.82, 2.24) is 20.8 Å². The van der Waals surface area contributed by atoms with Gasteiger partial charge in [-0.25, -0.2) is 0 Å². The van der Waals surface area contributed by atoms with E-state index in [0.717, 1.165) is 31.4 Å². The zero-order valence-electron chi connectivity index (χ0n) is 13.0. The standard InChI is InChI=1S/C16H20N4O2.ClH/c1-2-8-17-10-14-19-15(20-22-14)11-4-3-5-12(9-11)16(21)18-13-6-7-13;/h3-5,9,13,17H,2,6-8,10H2,1H3,(H,18,21);1H. The second-order valence-corrected chi connectivity index (χ2v) is 5.52. The van der Waals surface area contributed by atoms with E-state index in [2.05, 4.69) is 27.7 Å². The van der Waals surface area contributed by atoms with Crippen LogP contribution in [0, 0.1) is 0 Å². The molecule has 2 aromatic rings. The minimum absolute atomic E-state index is 0. The van der Waals surface area contributed by atoms with Gasteiger partial charge in [0.05, 0.1) is 6.54 Å². The number of halogens is 1. The molecule has 1 aromatic carbocycles. The molecule has 0 spiro atoms. The maximum absolute atomic E-state index is 12.1. The first-order valence-electron chi connectivity index (χ1n) is 7.71. The van der Waals surface area contributed by atoms with E-state index < -0.39 is 0 Å². The lowest BCUT2D eigenvalue weighted by Gasteiger charge is -2.04. The van der Waals surface area contributed by atoms with Crippen LogP contribution < -0.4 is 10.6 Å². The topological polar surface area (TPSA) is 80.0 Å². The van der Waals surface area contributed by atoms with Gasteiger partial charge < -0.3 is 15.2 Å². The molecule has 0 aliphatic heterocycles. The average molecular weight is 337 g/mol. The molecule has 1 aliphatic carbocycles. The van der Waals surface area contributed by atoms with Crippen molar-refractivity contribution in [3.63, 3.8) is 0 Å². The minimum Gasteiger partial charge on any atom is -0.349 e. The summed E-state index contributed by atoms with van der Waals surface area (Å²) in [6, 6.07) is 7.65. The molecule has 1 aromatic heterocycles. The summed E-state index contributed by atoms with van der Waals surface area (Å²) in [5.74, 6) is 1.02. The molecule has 7 heteroatoms.